The number of pyridine rings is 1. The molecule has 0 radical (unpaired) electrons. The standard InChI is InChI=1S/C10H12N2OS/c1-10(2,3)9-12-6-4-11-5-7(13)8(6)14-9/h4-5,13H,1-3H3. The molecule has 2 heterocycles. The molecule has 3 nitrogen and oxygen atoms in total. The van der Waals surface area contributed by atoms with Gasteiger partial charge < -0.3 is 5.11 Å². The first-order valence-corrected chi connectivity index (χ1v) is 5.24. The summed E-state index contributed by atoms with van der Waals surface area (Å²) in [4.78, 5) is 8.34. The normalized spacial score (nSPS) is 12.2. The molecule has 0 atom stereocenters. The highest BCUT2D eigenvalue weighted by Crippen LogP contribution is 2.34. The van der Waals surface area contributed by atoms with Crippen molar-refractivity contribution in [3.63, 3.8) is 0 Å². The predicted octanol–water partition coefficient (Wildman–Crippen LogP) is 2.69. The molecule has 74 valence electrons. The zero-order valence-electron chi connectivity index (χ0n) is 8.40. The van der Waals surface area contributed by atoms with Crippen molar-refractivity contribution in [2.45, 2.75) is 26.2 Å². The van der Waals surface area contributed by atoms with Crippen LogP contribution in [0.1, 0.15) is 25.8 Å². The van der Waals surface area contributed by atoms with Crippen molar-refractivity contribution in [1.29, 1.82) is 0 Å². The molecule has 0 aromatic carbocycles. The maximum absolute atomic E-state index is 9.56. The van der Waals surface area contributed by atoms with Gasteiger partial charge >= 0.3 is 0 Å². The van der Waals surface area contributed by atoms with E-state index in [9.17, 15) is 5.11 Å². The number of aromatic hydroxyl groups is 1. The van der Waals surface area contributed by atoms with Gasteiger partial charge in [0.25, 0.3) is 0 Å². The molecular weight excluding hydrogens is 196 g/mol. The van der Waals surface area contributed by atoms with Crippen LogP contribution < -0.4 is 0 Å². The number of aromatic nitrogens is 2. The molecular formula is C10H12N2OS. The van der Waals surface area contributed by atoms with Crippen LogP contribution in [0.2, 0.25) is 0 Å². The van der Waals surface area contributed by atoms with Crippen LogP contribution in [0.25, 0.3) is 10.2 Å². The molecule has 2 rings (SSSR count). The molecule has 14 heavy (non-hydrogen) atoms. The third-order valence-electron chi connectivity index (χ3n) is 1.92. The summed E-state index contributed by atoms with van der Waals surface area (Å²) in [7, 11) is 0. The minimum Gasteiger partial charge on any atom is -0.505 e. The fourth-order valence-electron chi connectivity index (χ4n) is 1.16. The van der Waals surface area contributed by atoms with Gasteiger partial charge in [-0.2, -0.15) is 0 Å². The third-order valence-corrected chi connectivity index (χ3v) is 3.44. The van der Waals surface area contributed by atoms with Crippen molar-refractivity contribution < 1.29 is 5.11 Å². The molecule has 2 aromatic heterocycles. The Kier molecular flexibility index (Phi) is 1.96. The van der Waals surface area contributed by atoms with Crippen LogP contribution in [-0.2, 0) is 5.41 Å². The number of nitrogens with zero attached hydrogens (tertiary/aromatic N) is 2. The SMILES string of the molecule is CC(C)(C)c1nc2cncc(O)c2s1. The summed E-state index contributed by atoms with van der Waals surface area (Å²) >= 11 is 1.53. The molecule has 0 spiro atoms. The second kappa shape index (κ2) is 2.92. The van der Waals surface area contributed by atoms with Gasteiger partial charge in [0.2, 0.25) is 0 Å². The van der Waals surface area contributed by atoms with Crippen LogP contribution in [0, 0.1) is 0 Å². The van der Waals surface area contributed by atoms with Gasteiger partial charge in [0.05, 0.1) is 22.1 Å². The van der Waals surface area contributed by atoms with Gasteiger partial charge in [-0.1, -0.05) is 20.8 Å². The lowest BCUT2D eigenvalue weighted by molar-refractivity contribution is 0.480. The van der Waals surface area contributed by atoms with Crippen LogP contribution in [0.15, 0.2) is 12.4 Å². The first kappa shape index (κ1) is 9.40. The monoisotopic (exact) mass is 208 g/mol. The Morgan fingerprint density at radius 3 is 2.57 bits per heavy atom. The average Bonchev–Trinajstić information content (AvgIpc) is 2.48. The van der Waals surface area contributed by atoms with E-state index in [4.69, 9.17) is 0 Å². The maximum atomic E-state index is 9.56. The van der Waals surface area contributed by atoms with Crippen LogP contribution in [0.4, 0.5) is 0 Å². The molecule has 0 unspecified atom stereocenters. The number of rotatable bonds is 0. The maximum Gasteiger partial charge on any atom is 0.153 e. The highest BCUT2D eigenvalue weighted by Gasteiger charge is 2.19. The summed E-state index contributed by atoms with van der Waals surface area (Å²) in [6.45, 7) is 6.32. The number of hydrogen-bond donors (Lipinski definition) is 1. The van der Waals surface area contributed by atoms with E-state index in [1.54, 1.807) is 6.20 Å². The second-order valence-corrected chi connectivity index (χ2v) is 5.27. The minimum absolute atomic E-state index is 0.0239. The van der Waals surface area contributed by atoms with Crippen LogP contribution >= 0.6 is 11.3 Å². The van der Waals surface area contributed by atoms with E-state index in [1.165, 1.54) is 17.5 Å². The molecule has 0 aliphatic rings. The largest absolute Gasteiger partial charge is 0.505 e. The van der Waals surface area contributed by atoms with Gasteiger partial charge in [0.15, 0.2) is 5.75 Å². The number of hydrogen-bond acceptors (Lipinski definition) is 4. The van der Waals surface area contributed by atoms with Crippen LogP contribution in [0.3, 0.4) is 0 Å². The molecule has 0 saturated carbocycles. The smallest absolute Gasteiger partial charge is 0.153 e. The summed E-state index contributed by atoms with van der Waals surface area (Å²) in [5.41, 5.74) is 0.802. The van der Waals surface area contributed by atoms with E-state index >= 15 is 0 Å². The predicted molar refractivity (Wildman–Crippen MR) is 57.8 cm³/mol. The lowest BCUT2D eigenvalue weighted by atomic mass is 9.98. The topological polar surface area (TPSA) is 46.0 Å². The Morgan fingerprint density at radius 2 is 2.00 bits per heavy atom. The first-order chi connectivity index (χ1) is 6.48. The van der Waals surface area contributed by atoms with Gasteiger partial charge in [-0.25, -0.2) is 4.98 Å². The molecule has 0 bridgehead atoms. The number of fused-ring (bicyclic) bond motifs is 1. The van der Waals surface area contributed by atoms with Crippen molar-refractivity contribution in [1.82, 2.24) is 9.97 Å². The summed E-state index contributed by atoms with van der Waals surface area (Å²) in [6.07, 6.45) is 3.13. The zero-order chi connectivity index (χ0) is 10.3. The Balaban J connectivity index is 2.69. The molecule has 0 amide bonds. The van der Waals surface area contributed by atoms with E-state index < -0.39 is 0 Å². The van der Waals surface area contributed by atoms with Crippen LogP contribution in [-0.4, -0.2) is 15.1 Å². The van der Waals surface area contributed by atoms with Crippen molar-refractivity contribution >= 4 is 21.6 Å². The fraction of sp³-hybridized carbons (Fsp3) is 0.400. The van der Waals surface area contributed by atoms with E-state index in [0.717, 1.165) is 15.2 Å². The van der Waals surface area contributed by atoms with Gasteiger partial charge in [0.1, 0.15) is 5.52 Å². The fourth-order valence-corrected chi connectivity index (χ4v) is 2.16. The van der Waals surface area contributed by atoms with Gasteiger partial charge in [-0.3, -0.25) is 4.98 Å². The summed E-state index contributed by atoms with van der Waals surface area (Å²) in [6, 6.07) is 0. The zero-order valence-corrected chi connectivity index (χ0v) is 9.22. The second-order valence-electron chi connectivity index (χ2n) is 4.28. The molecule has 0 saturated heterocycles. The van der Waals surface area contributed by atoms with Gasteiger partial charge in [0, 0.05) is 5.41 Å². The van der Waals surface area contributed by atoms with E-state index in [1.807, 2.05) is 0 Å². The molecule has 2 aromatic rings. The summed E-state index contributed by atoms with van der Waals surface area (Å²) < 4.78 is 0.824. The van der Waals surface area contributed by atoms with Gasteiger partial charge in [-0.05, 0) is 0 Å². The highest BCUT2D eigenvalue weighted by molar-refractivity contribution is 7.19. The van der Waals surface area contributed by atoms with Crippen molar-refractivity contribution in [2.24, 2.45) is 0 Å². The van der Waals surface area contributed by atoms with Gasteiger partial charge in [-0.15, -0.1) is 11.3 Å². The summed E-state index contributed by atoms with van der Waals surface area (Å²) in [5, 5.41) is 10.6. The Labute approximate surface area is 86.4 Å². The Bertz CT molecular complexity index is 470. The molecule has 0 aliphatic heterocycles. The first-order valence-electron chi connectivity index (χ1n) is 4.42. The molecule has 0 fully saturated rings. The number of thiazole rings is 1. The minimum atomic E-state index is 0.0239. The van der Waals surface area contributed by atoms with E-state index in [0.29, 0.717) is 0 Å². The third kappa shape index (κ3) is 1.46. The van der Waals surface area contributed by atoms with Crippen molar-refractivity contribution in [3.8, 4) is 5.75 Å². The van der Waals surface area contributed by atoms with E-state index in [2.05, 4.69) is 30.7 Å². The van der Waals surface area contributed by atoms with Crippen LogP contribution in [0.5, 0.6) is 5.75 Å². The Hall–Kier alpha value is -1.16. The van der Waals surface area contributed by atoms with Crippen molar-refractivity contribution in [2.75, 3.05) is 0 Å². The Morgan fingerprint density at radius 1 is 1.29 bits per heavy atom. The van der Waals surface area contributed by atoms with Crippen molar-refractivity contribution in [3.05, 3.63) is 17.4 Å². The lowest BCUT2D eigenvalue weighted by Gasteiger charge is -2.13. The average molecular weight is 208 g/mol. The lowest BCUT2D eigenvalue weighted by Crippen LogP contribution is -2.09. The molecule has 4 heteroatoms. The molecule has 0 aliphatic carbocycles. The molecule has 1 N–H and O–H groups in total. The quantitative estimate of drug-likeness (QED) is 0.724. The van der Waals surface area contributed by atoms with E-state index in [-0.39, 0.29) is 11.2 Å². The highest BCUT2D eigenvalue weighted by atomic mass is 32.1. The summed E-state index contributed by atoms with van der Waals surface area (Å²) in [5.74, 6) is 0.218.